The van der Waals surface area contributed by atoms with Crippen molar-refractivity contribution in [1.82, 2.24) is 4.90 Å². The molecule has 1 unspecified atom stereocenters. The minimum Gasteiger partial charge on any atom is -0.353 e. The number of ether oxygens (including phenoxy) is 1. The summed E-state index contributed by atoms with van der Waals surface area (Å²) >= 11 is 6.84. The van der Waals surface area contributed by atoms with Crippen molar-refractivity contribution < 1.29 is 14.3 Å². The summed E-state index contributed by atoms with van der Waals surface area (Å²) in [4.78, 5) is 24.0. The summed E-state index contributed by atoms with van der Waals surface area (Å²) in [5, 5.41) is 0.124. The van der Waals surface area contributed by atoms with E-state index in [9.17, 15) is 9.59 Å². The van der Waals surface area contributed by atoms with Gasteiger partial charge in [-0.15, -0.1) is 11.6 Å². The SMILES string of the molecule is CC(=O)SCc1ccc(C2CCN(C(=O)CCl)CO2)cc1. The molecule has 0 radical (unpaired) electrons. The van der Waals surface area contributed by atoms with E-state index in [2.05, 4.69) is 0 Å². The Balaban J connectivity index is 1.89. The van der Waals surface area contributed by atoms with Crippen molar-refractivity contribution in [2.75, 3.05) is 19.2 Å². The molecule has 2 rings (SSSR count). The van der Waals surface area contributed by atoms with Gasteiger partial charge in [0, 0.05) is 19.2 Å². The van der Waals surface area contributed by atoms with Crippen molar-refractivity contribution >= 4 is 34.4 Å². The lowest BCUT2D eigenvalue weighted by atomic mass is 10.0. The molecule has 0 bridgehead atoms. The first-order valence-electron chi connectivity index (χ1n) is 6.77. The maximum atomic E-state index is 11.5. The van der Waals surface area contributed by atoms with Crippen LogP contribution in [0.2, 0.25) is 0 Å². The van der Waals surface area contributed by atoms with Gasteiger partial charge in [0.25, 0.3) is 0 Å². The maximum absolute atomic E-state index is 11.5. The number of hydrogen-bond donors (Lipinski definition) is 0. The molecule has 1 atom stereocenters. The molecule has 4 nitrogen and oxygen atoms in total. The molecule has 0 aromatic heterocycles. The van der Waals surface area contributed by atoms with Crippen molar-refractivity contribution in [2.45, 2.75) is 25.2 Å². The van der Waals surface area contributed by atoms with Gasteiger partial charge in [-0.25, -0.2) is 0 Å². The van der Waals surface area contributed by atoms with E-state index in [0.29, 0.717) is 12.3 Å². The van der Waals surface area contributed by atoms with Crippen LogP contribution >= 0.6 is 23.4 Å². The highest BCUT2D eigenvalue weighted by Gasteiger charge is 2.23. The molecule has 0 saturated carbocycles. The van der Waals surface area contributed by atoms with Gasteiger partial charge >= 0.3 is 0 Å². The second-order valence-electron chi connectivity index (χ2n) is 4.89. The van der Waals surface area contributed by atoms with E-state index in [0.717, 1.165) is 17.5 Å². The van der Waals surface area contributed by atoms with Crippen LogP contribution in [0.4, 0.5) is 0 Å². The fourth-order valence-corrected chi connectivity index (χ4v) is 2.89. The zero-order chi connectivity index (χ0) is 15.2. The molecule has 1 saturated heterocycles. The zero-order valence-electron chi connectivity index (χ0n) is 11.9. The van der Waals surface area contributed by atoms with Crippen LogP contribution in [0.5, 0.6) is 0 Å². The highest BCUT2D eigenvalue weighted by Crippen LogP contribution is 2.26. The lowest BCUT2D eigenvalue weighted by Crippen LogP contribution is -2.39. The molecule has 1 aromatic rings. The first-order valence-corrected chi connectivity index (χ1v) is 8.29. The normalized spacial score (nSPS) is 18.6. The van der Waals surface area contributed by atoms with Gasteiger partial charge in [-0.2, -0.15) is 0 Å². The molecule has 1 fully saturated rings. The number of amides is 1. The number of carbonyl (C=O) groups is 2. The van der Waals surface area contributed by atoms with Crippen LogP contribution < -0.4 is 0 Å². The van der Waals surface area contributed by atoms with Crippen molar-refractivity contribution in [3.63, 3.8) is 0 Å². The number of rotatable bonds is 4. The highest BCUT2D eigenvalue weighted by atomic mass is 35.5. The third-order valence-corrected chi connectivity index (χ3v) is 4.47. The average Bonchev–Trinajstić information content (AvgIpc) is 2.53. The van der Waals surface area contributed by atoms with Gasteiger partial charge in [0.2, 0.25) is 5.91 Å². The lowest BCUT2D eigenvalue weighted by Gasteiger charge is -2.32. The standard InChI is InChI=1S/C15H18ClNO3S/c1-11(18)21-9-12-2-4-13(5-3-12)14-6-7-17(10-20-14)15(19)8-16/h2-5,14H,6-10H2,1H3. The van der Waals surface area contributed by atoms with Crippen LogP contribution in [-0.4, -0.2) is 35.1 Å². The molecular formula is C15H18ClNO3S. The molecule has 1 aromatic carbocycles. The van der Waals surface area contributed by atoms with Crippen LogP contribution in [0.1, 0.15) is 30.6 Å². The van der Waals surface area contributed by atoms with Crippen LogP contribution in [0.25, 0.3) is 0 Å². The Bertz CT molecular complexity index is 498. The first-order chi connectivity index (χ1) is 10.1. The summed E-state index contributed by atoms with van der Waals surface area (Å²) in [7, 11) is 0. The number of halogens is 1. The molecule has 0 spiro atoms. The van der Waals surface area contributed by atoms with Crippen molar-refractivity contribution in [3.8, 4) is 0 Å². The molecular weight excluding hydrogens is 310 g/mol. The highest BCUT2D eigenvalue weighted by molar-refractivity contribution is 8.12. The Morgan fingerprint density at radius 3 is 2.62 bits per heavy atom. The third-order valence-electron chi connectivity index (χ3n) is 3.35. The van der Waals surface area contributed by atoms with E-state index < -0.39 is 0 Å². The van der Waals surface area contributed by atoms with E-state index in [1.807, 2.05) is 24.3 Å². The Morgan fingerprint density at radius 2 is 2.10 bits per heavy atom. The first kappa shape index (κ1) is 16.3. The van der Waals surface area contributed by atoms with Crippen LogP contribution in [0.3, 0.4) is 0 Å². The Hall–Kier alpha value is -1.04. The minimum absolute atomic E-state index is 0.00343. The topological polar surface area (TPSA) is 46.6 Å². The molecule has 21 heavy (non-hydrogen) atoms. The Morgan fingerprint density at radius 1 is 1.38 bits per heavy atom. The average molecular weight is 328 g/mol. The monoisotopic (exact) mass is 327 g/mol. The summed E-state index contributed by atoms with van der Waals surface area (Å²) in [5.41, 5.74) is 2.22. The Labute approximate surface area is 133 Å². The fraction of sp³-hybridized carbons (Fsp3) is 0.467. The van der Waals surface area contributed by atoms with E-state index in [-0.39, 0.29) is 29.7 Å². The van der Waals surface area contributed by atoms with Gasteiger partial charge < -0.3 is 9.64 Å². The number of alkyl halides is 1. The van der Waals surface area contributed by atoms with Crippen molar-refractivity contribution in [3.05, 3.63) is 35.4 Å². The number of hydrogen-bond acceptors (Lipinski definition) is 4. The molecule has 0 N–H and O–H groups in total. The minimum atomic E-state index is -0.0910. The second-order valence-corrected chi connectivity index (χ2v) is 6.31. The summed E-state index contributed by atoms with van der Waals surface area (Å²) < 4.78 is 5.72. The van der Waals surface area contributed by atoms with Gasteiger partial charge in [0.05, 0.1) is 6.10 Å². The van der Waals surface area contributed by atoms with Crippen molar-refractivity contribution in [2.24, 2.45) is 0 Å². The van der Waals surface area contributed by atoms with Gasteiger partial charge in [-0.1, -0.05) is 36.0 Å². The number of benzene rings is 1. The van der Waals surface area contributed by atoms with Gasteiger partial charge in [-0.3, -0.25) is 9.59 Å². The predicted octanol–water partition coefficient (Wildman–Crippen LogP) is 2.95. The smallest absolute Gasteiger partial charge is 0.239 e. The predicted molar refractivity (Wildman–Crippen MR) is 84.2 cm³/mol. The van der Waals surface area contributed by atoms with Gasteiger partial charge in [0.1, 0.15) is 12.6 Å². The summed E-state index contributed by atoms with van der Waals surface area (Å²) in [6.45, 7) is 2.53. The Kier molecular flexibility index (Phi) is 6.08. The largest absolute Gasteiger partial charge is 0.353 e. The molecule has 0 aliphatic carbocycles. The number of thioether (sulfide) groups is 1. The third kappa shape index (κ3) is 4.73. The van der Waals surface area contributed by atoms with Crippen LogP contribution in [0, 0.1) is 0 Å². The van der Waals surface area contributed by atoms with Gasteiger partial charge in [0.15, 0.2) is 5.12 Å². The van der Waals surface area contributed by atoms with Crippen LogP contribution in [-0.2, 0) is 20.1 Å². The zero-order valence-corrected chi connectivity index (χ0v) is 13.5. The van der Waals surface area contributed by atoms with E-state index in [1.165, 1.54) is 11.8 Å². The summed E-state index contributed by atoms with van der Waals surface area (Å²) in [5.74, 6) is 0.599. The van der Waals surface area contributed by atoms with E-state index in [4.69, 9.17) is 16.3 Å². The molecule has 114 valence electrons. The molecule has 6 heteroatoms. The maximum Gasteiger partial charge on any atom is 0.239 e. The van der Waals surface area contributed by atoms with E-state index in [1.54, 1.807) is 11.8 Å². The lowest BCUT2D eigenvalue weighted by molar-refractivity contribution is -0.143. The van der Waals surface area contributed by atoms with Gasteiger partial charge in [-0.05, 0) is 17.5 Å². The molecule has 1 aliphatic heterocycles. The molecule has 1 heterocycles. The molecule has 1 aliphatic rings. The summed E-state index contributed by atoms with van der Waals surface area (Å²) in [6.07, 6.45) is 0.781. The van der Waals surface area contributed by atoms with Crippen LogP contribution in [0.15, 0.2) is 24.3 Å². The summed E-state index contributed by atoms with van der Waals surface area (Å²) in [6, 6.07) is 8.09. The number of carbonyl (C=O) groups excluding carboxylic acids is 2. The molecule has 1 amide bonds. The quantitative estimate of drug-likeness (QED) is 0.798. The second kappa shape index (κ2) is 7.82. The van der Waals surface area contributed by atoms with E-state index >= 15 is 0 Å². The fourth-order valence-electron chi connectivity index (χ4n) is 2.16. The van der Waals surface area contributed by atoms with Crippen molar-refractivity contribution in [1.29, 1.82) is 0 Å². The number of nitrogens with zero attached hydrogens (tertiary/aromatic N) is 1.